The zero-order valence-electron chi connectivity index (χ0n) is 7.95. The molecule has 76 valence electrons. The van der Waals surface area contributed by atoms with E-state index >= 15 is 0 Å². The largest absolute Gasteiger partial charge is 0.258 e. The second-order valence-electron chi connectivity index (χ2n) is 3.27. The van der Waals surface area contributed by atoms with Crippen molar-refractivity contribution in [1.82, 2.24) is 4.98 Å². The maximum absolute atomic E-state index is 12.6. The molecule has 0 aliphatic carbocycles. The Morgan fingerprint density at radius 2 is 1.53 bits per heavy atom. The summed E-state index contributed by atoms with van der Waals surface area (Å²) in [5, 5.41) is 0. The Hall–Kier alpha value is -1.77. The summed E-state index contributed by atoms with van der Waals surface area (Å²) < 4.78 is 25.2. The molecular formula is C12H9F2N. The molecule has 2 rings (SSSR count). The summed E-state index contributed by atoms with van der Waals surface area (Å²) in [6.07, 6.45) is 1.76. The molecule has 1 aromatic carbocycles. The zero-order chi connectivity index (χ0) is 10.7. The molecule has 1 heterocycles. The van der Waals surface area contributed by atoms with Gasteiger partial charge < -0.3 is 0 Å². The van der Waals surface area contributed by atoms with Crippen molar-refractivity contribution in [1.29, 1.82) is 0 Å². The maximum Gasteiger partial charge on any atom is 0.141 e. The molecule has 0 atom stereocenters. The fourth-order valence-electron chi connectivity index (χ4n) is 1.32. The van der Waals surface area contributed by atoms with Gasteiger partial charge >= 0.3 is 0 Å². The average Bonchev–Trinajstić information content (AvgIpc) is 2.25. The minimum Gasteiger partial charge on any atom is -0.258 e. The van der Waals surface area contributed by atoms with Crippen molar-refractivity contribution in [2.75, 3.05) is 0 Å². The second kappa shape index (κ2) is 4.17. The van der Waals surface area contributed by atoms with Gasteiger partial charge in [0, 0.05) is 12.1 Å². The molecule has 0 aliphatic rings. The molecule has 0 saturated carbocycles. The van der Waals surface area contributed by atoms with Crippen molar-refractivity contribution in [3.05, 3.63) is 65.5 Å². The first-order valence-corrected chi connectivity index (χ1v) is 4.59. The quantitative estimate of drug-likeness (QED) is 0.734. The van der Waals surface area contributed by atoms with E-state index in [9.17, 15) is 8.78 Å². The van der Waals surface area contributed by atoms with Crippen molar-refractivity contribution in [3.8, 4) is 0 Å². The SMILES string of the molecule is Fc1ccc(Cc2ccc(F)cn2)cc1. The number of hydrogen-bond donors (Lipinski definition) is 0. The Morgan fingerprint density at radius 3 is 2.13 bits per heavy atom. The van der Waals surface area contributed by atoms with E-state index in [1.165, 1.54) is 24.4 Å². The summed E-state index contributed by atoms with van der Waals surface area (Å²) in [6, 6.07) is 9.18. The highest BCUT2D eigenvalue weighted by molar-refractivity contribution is 5.22. The predicted octanol–water partition coefficient (Wildman–Crippen LogP) is 2.95. The van der Waals surface area contributed by atoms with Gasteiger partial charge in [-0.1, -0.05) is 12.1 Å². The Morgan fingerprint density at radius 1 is 0.867 bits per heavy atom. The minimum absolute atomic E-state index is 0.259. The normalized spacial score (nSPS) is 10.3. The summed E-state index contributed by atoms with van der Waals surface area (Å²) >= 11 is 0. The van der Waals surface area contributed by atoms with Crippen LogP contribution in [0.4, 0.5) is 8.78 Å². The summed E-state index contributed by atoms with van der Waals surface area (Å²) in [4.78, 5) is 3.93. The molecule has 0 radical (unpaired) electrons. The lowest BCUT2D eigenvalue weighted by Gasteiger charge is -2.00. The third-order valence-electron chi connectivity index (χ3n) is 2.09. The molecule has 2 aromatic rings. The van der Waals surface area contributed by atoms with E-state index < -0.39 is 0 Å². The van der Waals surface area contributed by atoms with Crippen LogP contribution in [0.1, 0.15) is 11.3 Å². The van der Waals surface area contributed by atoms with Crippen molar-refractivity contribution in [2.45, 2.75) is 6.42 Å². The van der Waals surface area contributed by atoms with Crippen molar-refractivity contribution in [3.63, 3.8) is 0 Å². The van der Waals surface area contributed by atoms with Crippen LogP contribution in [-0.2, 0) is 6.42 Å². The van der Waals surface area contributed by atoms with E-state index in [4.69, 9.17) is 0 Å². The monoisotopic (exact) mass is 205 g/mol. The predicted molar refractivity (Wildman–Crippen MR) is 53.4 cm³/mol. The smallest absolute Gasteiger partial charge is 0.141 e. The van der Waals surface area contributed by atoms with Crippen LogP contribution in [0, 0.1) is 11.6 Å². The van der Waals surface area contributed by atoms with Gasteiger partial charge in [0.1, 0.15) is 11.6 Å². The number of benzene rings is 1. The van der Waals surface area contributed by atoms with E-state index in [0.29, 0.717) is 6.42 Å². The zero-order valence-corrected chi connectivity index (χ0v) is 7.95. The molecule has 0 aliphatic heterocycles. The number of hydrogen-bond acceptors (Lipinski definition) is 1. The lowest BCUT2D eigenvalue weighted by atomic mass is 10.1. The molecule has 0 spiro atoms. The molecule has 15 heavy (non-hydrogen) atoms. The summed E-state index contributed by atoms with van der Waals surface area (Å²) in [6.45, 7) is 0. The van der Waals surface area contributed by atoms with Gasteiger partial charge in [0.05, 0.1) is 6.20 Å². The van der Waals surface area contributed by atoms with Gasteiger partial charge in [0.25, 0.3) is 0 Å². The van der Waals surface area contributed by atoms with E-state index in [0.717, 1.165) is 11.3 Å². The number of nitrogens with zero attached hydrogens (tertiary/aromatic N) is 1. The van der Waals surface area contributed by atoms with Crippen LogP contribution in [0.15, 0.2) is 42.6 Å². The number of rotatable bonds is 2. The first-order chi connectivity index (χ1) is 7.24. The van der Waals surface area contributed by atoms with Gasteiger partial charge in [-0.25, -0.2) is 8.78 Å². The minimum atomic E-state index is -0.349. The molecule has 0 saturated heterocycles. The number of halogens is 2. The van der Waals surface area contributed by atoms with Crippen LogP contribution in [0.5, 0.6) is 0 Å². The first kappa shape index (κ1) is 9.77. The molecule has 0 amide bonds. The third kappa shape index (κ3) is 2.59. The molecular weight excluding hydrogens is 196 g/mol. The fourth-order valence-corrected chi connectivity index (χ4v) is 1.32. The maximum atomic E-state index is 12.6. The van der Waals surface area contributed by atoms with E-state index in [2.05, 4.69) is 4.98 Å². The van der Waals surface area contributed by atoms with Gasteiger partial charge in [-0.3, -0.25) is 4.98 Å². The Labute approximate surface area is 86.4 Å². The van der Waals surface area contributed by atoms with Crippen molar-refractivity contribution >= 4 is 0 Å². The van der Waals surface area contributed by atoms with Gasteiger partial charge in [-0.2, -0.15) is 0 Å². The molecule has 0 fully saturated rings. The molecule has 0 bridgehead atoms. The highest BCUT2D eigenvalue weighted by Crippen LogP contribution is 2.08. The summed E-state index contributed by atoms with van der Waals surface area (Å²) in [5.41, 5.74) is 1.72. The molecule has 3 heteroatoms. The van der Waals surface area contributed by atoms with Crippen LogP contribution < -0.4 is 0 Å². The van der Waals surface area contributed by atoms with Crippen molar-refractivity contribution in [2.24, 2.45) is 0 Å². The standard InChI is InChI=1S/C12H9F2N/c13-10-3-1-9(2-4-10)7-12-6-5-11(14)8-15-12/h1-6,8H,7H2. The van der Waals surface area contributed by atoms with Crippen LogP contribution in [0.25, 0.3) is 0 Å². The molecule has 0 N–H and O–H groups in total. The Balaban J connectivity index is 2.15. The second-order valence-corrected chi connectivity index (χ2v) is 3.27. The topological polar surface area (TPSA) is 12.9 Å². The van der Waals surface area contributed by atoms with E-state index in [1.807, 2.05) is 0 Å². The Kier molecular flexibility index (Phi) is 2.72. The highest BCUT2D eigenvalue weighted by atomic mass is 19.1. The molecule has 1 aromatic heterocycles. The molecule has 0 unspecified atom stereocenters. The molecule has 1 nitrogen and oxygen atoms in total. The Bertz CT molecular complexity index is 391. The number of pyridine rings is 1. The lowest BCUT2D eigenvalue weighted by Crippen LogP contribution is -1.92. The fraction of sp³-hybridized carbons (Fsp3) is 0.0833. The van der Waals surface area contributed by atoms with Crippen LogP contribution in [-0.4, -0.2) is 4.98 Å². The van der Waals surface area contributed by atoms with Gasteiger partial charge in [0.2, 0.25) is 0 Å². The van der Waals surface area contributed by atoms with Gasteiger partial charge in [0.15, 0.2) is 0 Å². The van der Waals surface area contributed by atoms with Crippen molar-refractivity contribution < 1.29 is 8.78 Å². The first-order valence-electron chi connectivity index (χ1n) is 4.59. The third-order valence-corrected chi connectivity index (χ3v) is 2.09. The highest BCUT2D eigenvalue weighted by Gasteiger charge is 1.98. The van der Waals surface area contributed by atoms with Crippen LogP contribution >= 0.6 is 0 Å². The van der Waals surface area contributed by atoms with E-state index in [1.54, 1.807) is 18.2 Å². The van der Waals surface area contributed by atoms with E-state index in [-0.39, 0.29) is 11.6 Å². The van der Waals surface area contributed by atoms with Gasteiger partial charge in [-0.05, 0) is 29.8 Å². The average molecular weight is 205 g/mol. The summed E-state index contributed by atoms with van der Waals surface area (Å²) in [7, 11) is 0. The van der Waals surface area contributed by atoms with Gasteiger partial charge in [-0.15, -0.1) is 0 Å². The number of aromatic nitrogens is 1. The summed E-state index contributed by atoms with van der Waals surface area (Å²) in [5.74, 6) is -0.608. The lowest BCUT2D eigenvalue weighted by molar-refractivity contribution is 0.619. The van der Waals surface area contributed by atoms with Crippen LogP contribution in [0.2, 0.25) is 0 Å². The van der Waals surface area contributed by atoms with Crippen LogP contribution in [0.3, 0.4) is 0 Å².